The van der Waals surface area contributed by atoms with Gasteiger partial charge in [0.15, 0.2) is 0 Å². The molecular formula is C26H36N4O3. The van der Waals surface area contributed by atoms with E-state index >= 15 is 0 Å². The number of rotatable bonds is 12. The Kier molecular flexibility index (Phi) is 8.72. The van der Waals surface area contributed by atoms with Gasteiger partial charge in [-0.15, -0.1) is 0 Å². The van der Waals surface area contributed by atoms with Crippen LogP contribution in [0.2, 0.25) is 0 Å². The summed E-state index contributed by atoms with van der Waals surface area (Å²) in [4.78, 5) is 20.4. The monoisotopic (exact) mass is 452 g/mol. The van der Waals surface area contributed by atoms with Crippen molar-refractivity contribution in [2.45, 2.75) is 40.2 Å². The quantitative estimate of drug-likeness (QED) is 0.404. The number of benzene rings is 1. The van der Waals surface area contributed by atoms with Gasteiger partial charge in [-0.2, -0.15) is 0 Å². The molecule has 3 aromatic rings. The molecule has 1 aromatic carbocycles. The summed E-state index contributed by atoms with van der Waals surface area (Å²) in [6.45, 7) is 11.1. The van der Waals surface area contributed by atoms with Crippen molar-refractivity contribution in [3.8, 4) is 22.6 Å². The van der Waals surface area contributed by atoms with Gasteiger partial charge in [0.2, 0.25) is 0 Å². The zero-order valence-electron chi connectivity index (χ0n) is 20.5. The van der Waals surface area contributed by atoms with Crippen molar-refractivity contribution in [2.75, 3.05) is 45.7 Å². The lowest BCUT2D eigenvalue weighted by molar-refractivity contribution is 0.298. The first-order chi connectivity index (χ1) is 16.0. The van der Waals surface area contributed by atoms with E-state index in [1.54, 1.807) is 24.9 Å². The first-order valence-corrected chi connectivity index (χ1v) is 11.8. The van der Waals surface area contributed by atoms with E-state index in [2.05, 4.69) is 29.0 Å². The Morgan fingerprint density at radius 3 is 2.27 bits per heavy atom. The molecule has 2 aromatic heterocycles. The van der Waals surface area contributed by atoms with Crippen LogP contribution in [0.25, 0.3) is 22.0 Å². The van der Waals surface area contributed by atoms with Gasteiger partial charge >= 0.3 is 0 Å². The maximum absolute atomic E-state index is 13.4. The van der Waals surface area contributed by atoms with Gasteiger partial charge in [-0.25, -0.2) is 4.98 Å². The van der Waals surface area contributed by atoms with Gasteiger partial charge in [0.1, 0.15) is 17.3 Å². The Bertz CT molecular complexity index is 1100. The highest BCUT2D eigenvalue weighted by Gasteiger charge is 2.13. The normalized spacial score (nSPS) is 11.2. The zero-order valence-corrected chi connectivity index (χ0v) is 20.5. The Morgan fingerprint density at radius 2 is 1.67 bits per heavy atom. The maximum atomic E-state index is 13.4. The van der Waals surface area contributed by atoms with Crippen LogP contribution in [0.15, 0.2) is 41.3 Å². The highest BCUT2D eigenvalue weighted by molar-refractivity contribution is 5.85. The van der Waals surface area contributed by atoms with Crippen molar-refractivity contribution in [3.63, 3.8) is 0 Å². The summed E-state index contributed by atoms with van der Waals surface area (Å²) in [5.74, 6) is 2.08. The van der Waals surface area contributed by atoms with Crippen molar-refractivity contribution in [3.05, 3.63) is 46.9 Å². The Hall–Kier alpha value is -3.06. The summed E-state index contributed by atoms with van der Waals surface area (Å²) in [6.07, 6.45) is 4.06. The van der Waals surface area contributed by atoms with Crippen molar-refractivity contribution >= 4 is 16.7 Å². The number of ether oxygens (including phenoxy) is 2. The molecule has 178 valence electrons. The van der Waals surface area contributed by atoms with E-state index in [0.29, 0.717) is 23.6 Å². The zero-order chi connectivity index (χ0) is 23.8. The van der Waals surface area contributed by atoms with Gasteiger partial charge < -0.3 is 24.3 Å². The molecule has 7 heteroatoms. The standard InChI is InChI=1S/C26H36N4O3/c1-6-29(7-2)12-10-9-11-27-25-17-24-20(18-28-25)15-23(26(31)30(24)8-3)19-13-21(32-4)16-22(14-19)33-5/h13-18H,6-12H2,1-5H3,(H,27,28). The van der Waals surface area contributed by atoms with Crippen molar-refractivity contribution < 1.29 is 9.47 Å². The molecule has 0 bridgehead atoms. The number of nitrogens with one attached hydrogen (secondary N) is 1. The van der Waals surface area contributed by atoms with E-state index in [0.717, 1.165) is 61.3 Å². The second-order valence-corrected chi connectivity index (χ2v) is 8.00. The number of fused-ring (bicyclic) bond motifs is 1. The van der Waals surface area contributed by atoms with Crippen LogP contribution in [0.3, 0.4) is 0 Å². The molecule has 33 heavy (non-hydrogen) atoms. The summed E-state index contributed by atoms with van der Waals surface area (Å²) in [6, 6.07) is 9.38. The fraction of sp³-hybridized carbons (Fsp3) is 0.462. The first-order valence-electron chi connectivity index (χ1n) is 11.8. The van der Waals surface area contributed by atoms with Crippen LogP contribution in [0.5, 0.6) is 11.5 Å². The van der Waals surface area contributed by atoms with Gasteiger partial charge in [-0.3, -0.25) is 4.79 Å². The molecule has 0 aliphatic heterocycles. The molecule has 1 N–H and O–H groups in total. The summed E-state index contributed by atoms with van der Waals surface area (Å²) in [5, 5.41) is 4.33. The number of hydrogen-bond acceptors (Lipinski definition) is 6. The third kappa shape index (κ3) is 5.85. The predicted octanol–water partition coefficient (Wildman–Crippen LogP) is 4.63. The van der Waals surface area contributed by atoms with E-state index in [9.17, 15) is 4.79 Å². The second-order valence-electron chi connectivity index (χ2n) is 8.00. The fourth-order valence-corrected chi connectivity index (χ4v) is 4.07. The van der Waals surface area contributed by atoms with Crippen LogP contribution >= 0.6 is 0 Å². The van der Waals surface area contributed by atoms with Crippen LogP contribution in [0, 0.1) is 0 Å². The molecule has 0 unspecified atom stereocenters. The van der Waals surface area contributed by atoms with Crippen molar-refractivity contribution in [1.29, 1.82) is 0 Å². The summed E-state index contributed by atoms with van der Waals surface area (Å²) < 4.78 is 12.6. The molecule has 0 fully saturated rings. The number of anilines is 1. The number of methoxy groups -OCH3 is 2. The average Bonchev–Trinajstić information content (AvgIpc) is 2.85. The van der Waals surface area contributed by atoms with Crippen LogP contribution in [0.4, 0.5) is 5.82 Å². The number of aryl methyl sites for hydroxylation is 1. The lowest BCUT2D eigenvalue weighted by Crippen LogP contribution is -2.24. The molecule has 7 nitrogen and oxygen atoms in total. The van der Waals surface area contributed by atoms with Crippen LogP contribution in [0.1, 0.15) is 33.6 Å². The minimum atomic E-state index is -0.0447. The molecule has 0 saturated carbocycles. The number of pyridine rings is 2. The fourth-order valence-electron chi connectivity index (χ4n) is 4.07. The SMILES string of the molecule is CCN(CC)CCCCNc1cc2c(cn1)cc(-c1cc(OC)cc(OC)c1)c(=O)n2CC. The Balaban J connectivity index is 1.85. The topological polar surface area (TPSA) is 68.6 Å². The maximum Gasteiger partial charge on any atom is 0.258 e. The molecule has 0 spiro atoms. The molecule has 0 aliphatic carbocycles. The van der Waals surface area contributed by atoms with E-state index < -0.39 is 0 Å². The van der Waals surface area contributed by atoms with E-state index in [1.165, 1.54) is 0 Å². The summed E-state index contributed by atoms with van der Waals surface area (Å²) in [5.41, 5.74) is 2.19. The molecule has 2 heterocycles. The predicted molar refractivity (Wildman–Crippen MR) is 136 cm³/mol. The molecule has 0 aliphatic rings. The number of aromatic nitrogens is 2. The van der Waals surface area contributed by atoms with Gasteiger partial charge in [-0.1, -0.05) is 13.8 Å². The smallest absolute Gasteiger partial charge is 0.258 e. The first kappa shape index (κ1) is 24.6. The van der Waals surface area contributed by atoms with Gasteiger partial charge in [0.25, 0.3) is 5.56 Å². The highest BCUT2D eigenvalue weighted by Crippen LogP contribution is 2.30. The summed E-state index contributed by atoms with van der Waals surface area (Å²) in [7, 11) is 3.21. The van der Waals surface area contributed by atoms with Gasteiger partial charge in [-0.05, 0) is 63.2 Å². The van der Waals surface area contributed by atoms with Crippen molar-refractivity contribution in [2.24, 2.45) is 0 Å². The average molecular weight is 453 g/mol. The summed E-state index contributed by atoms with van der Waals surface area (Å²) >= 11 is 0. The van der Waals surface area contributed by atoms with Crippen LogP contribution in [-0.4, -0.2) is 54.8 Å². The molecule has 0 amide bonds. The Labute approximate surface area is 196 Å². The molecular weight excluding hydrogens is 416 g/mol. The van der Waals surface area contributed by atoms with Crippen LogP contribution in [-0.2, 0) is 6.54 Å². The second kappa shape index (κ2) is 11.7. The van der Waals surface area contributed by atoms with Gasteiger partial charge in [0, 0.05) is 42.4 Å². The van der Waals surface area contributed by atoms with Gasteiger partial charge in [0.05, 0.1) is 19.7 Å². The highest BCUT2D eigenvalue weighted by atomic mass is 16.5. The van der Waals surface area contributed by atoms with Crippen LogP contribution < -0.4 is 20.3 Å². The number of hydrogen-bond donors (Lipinski definition) is 1. The third-order valence-electron chi connectivity index (χ3n) is 6.06. The lowest BCUT2D eigenvalue weighted by Gasteiger charge is -2.17. The molecule has 0 radical (unpaired) electrons. The van der Waals surface area contributed by atoms with E-state index in [4.69, 9.17) is 9.47 Å². The minimum absolute atomic E-state index is 0.0447. The third-order valence-corrected chi connectivity index (χ3v) is 6.06. The van der Waals surface area contributed by atoms with Crippen molar-refractivity contribution in [1.82, 2.24) is 14.5 Å². The largest absolute Gasteiger partial charge is 0.497 e. The minimum Gasteiger partial charge on any atom is -0.497 e. The Morgan fingerprint density at radius 1 is 0.970 bits per heavy atom. The van der Waals surface area contributed by atoms with E-state index in [-0.39, 0.29) is 5.56 Å². The number of nitrogens with zero attached hydrogens (tertiary/aromatic N) is 3. The molecule has 3 rings (SSSR count). The molecule has 0 saturated heterocycles. The lowest BCUT2D eigenvalue weighted by atomic mass is 10.0. The number of unbranched alkanes of at least 4 members (excludes halogenated alkanes) is 1. The molecule has 0 atom stereocenters. The van der Waals surface area contributed by atoms with E-state index in [1.807, 2.05) is 37.4 Å².